The third-order valence-corrected chi connectivity index (χ3v) is 5.39. The fraction of sp³-hybridized carbons (Fsp3) is 0.143. The van der Waals surface area contributed by atoms with Gasteiger partial charge >= 0.3 is 5.63 Å². The Morgan fingerprint density at radius 2 is 2.03 bits per heavy atom. The molecule has 0 bridgehead atoms. The summed E-state index contributed by atoms with van der Waals surface area (Å²) in [5, 5.41) is 12.5. The lowest BCUT2D eigenvalue weighted by atomic mass is 10.1. The van der Waals surface area contributed by atoms with Gasteiger partial charge < -0.3 is 9.73 Å². The van der Waals surface area contributed by atoms with Crippen molar-refractivity contribution < 1.29 is 9.21 Å². The highest BCUT2D eigenvalue weighted by atomic mass is 32.2. The lowest BCUT2D eigenvalue weighted by Gasteiger charge is -2.10. The number of benzene rings is 2. The van der Waals surface area contributed by atoms with Gasteiger partial charge in [-0.05, 0) is 36.2 Å². The summed E-state index contributed by atoms with van der Waals surface area (Å²) in [6, 6.07) is 14.8. The number of nitrogens with one attached hydrogen (secondary N) is 1. The van der Waals surface area contributed by atoms with Crippen LogP contribution in [-0.4, -0.2) is 20.7 Å². The smallest absolute Gasteiger partial charge is 0.336 e. The molecule has 0 saturated heterocycles. The predicted octanol–water partition coefficient (Wildman–Crippen LogP) is 3.93. The second-order valence-electron chi connectivity index (χ2n) is 6.54. The molecule has 2 aromatic heterocycles. The van der Waals surface area contributed by atoms with Gasteiger partial charge in [0.05, 0.1) is 5.69 Å². The third kappa shape index (κ3) is 4.07. The number of fused-ring (bicyclic) bond motifs is 1. The number of aryl methyl sites for hydroxylation is 1. The average Bonchev–Trinajstić information content (AvgIpc) is 3.14. The molecule has 0 fully saturated rings. The quantitative estimate of drug-likeness (QED) is 0.399. The van der Waals surface area contributed by atoms with Crippen molar-refractivity contribution in [3.8, 4) is 5.69 Å². The van der Waals surface area contributed by atoms with Crippen molar-refractivity contribution in [1.82, 2.24) is 14.8 Å². The molecule has 8 heteroatoms. The van der Waals surface area contributed by atoms with Gasteiger partial charge in [-0.2, -0.15) is 0 Å². The van der Waals surface area contributed by atoms with Crippen LogP contribution in [-0.2, 0) is 10.5 Å². The van der Waals surface area contributed by atoms with E-state index in [4.69, 9.17) is 4.42 Å². The highest BCUT2D eigenvalue weighted by Crippen LogP contribution is 2.28. The van der Waals surface area contributed by atoms with Crippen LogP contribution in [0.2, 0.25) is 0 Å². The maximum atomic E-state index is 12.0. The molecule has 1 N–H and O–H groups in total. The van der Waals surface area contributed by atoms with Crippen molar-refractivity contribution in [2.75, 3.05) is 5.32 Å². The van der Waals surface area contributed by atoms with Crippen molar-refractivity contribution in [2.24, 2.45) is 0 Å². The van der Waals surface area contributed by atoms with Gasteiger partial charge in [0.15, 0.2) is 5.16 Å². The molecule has 4 rings (SSSR count). The fourth-order valence-corrected chi connectivity index (χ4v) is 4.01. The summed E-state index contributed by atoms with van der Waals surface area (Å²) >= 11 is 1.49. The molecule has 146 valence electrons. The zero-order valence-corrected chi connectivity index (χ0v) is 16.7. The number of para-hydroxylation sites is 1. The Hall–Kier alpha value is -3.39. The Labute approximate surface area is 170 Å². The molecular weight excluding hydrogens is 388 g/mol. The Balaban J connectivity index is 1.64. The fourth-order valence-electron chi connectivity index (χ4n) is 3.09. The standard InChI is InChI=1S/C21H18N4O3S/c1-13-5-3-4-6-18(13)25-12-22-24-21(25)29-11-15-9-20(27)28-19-10-16(23-14(2)26)7-8-17(15)19/h3-10,12H,11H2,1-2H3,(H,23,26). The van der Waals surface area contributed by atoms with Gasteiger partial charge in [0.25, 0.3) is 0 Å². The van der Waals surface area contributed by atoms with Gasteiger partial charge in [-0.3, -0.25) is 9.36 Å². The van der Waals surface area contributed by atoms with E-state index < -0.39 is 5.63 Å². The Morgan fingerprint density at radius 1 is 1.21 bits per heavy atom. The molecule has 2 heterocycles. The SMILES string of the molecule is CC(=O)Nc1ccc2c(CSc3nncn3-c3ccccc3C)cc(=O)oc2c1. The van der Waals surface area contributed by atoms with Crippen LogP contribution in [0.1, 0.15) is 18.1 Å². The van der Waals surface area contributed by atoms with Gasteiger partial charge in [0.2, 0.25) is 5.91 Å². The van der Waals surface area contributed by atoms with Crippen molar-refractivity contribution in [2.45, 2.75) is 24.8 Å². The first kappa shape index (κ1) is 18.9. The topological polar surface area (TPSA) is 90.0 Å². The summed E-state index contributed by atoms with van der Waals surface area (Å²) in [5.74, 6) is 0.334. The zero-order valence-electron chi connectivity index (χ0n) is 15.9. The number of aromatic nitrogens is 3. The highest BCUT2D eigenvalue weighted by molar-refractivity contribution is 7.98. The molecule has 0 aliphatic heterocycles. The van der Waals surface area contributed by atoms with E-state index in [1.807, 2.05) is 41.8 Å². The van der Waals surface area contributed by atoms with E-state index in [1.54, 1.807) is 18.5 Å². The van der Waals surface area contributed by atoms with Crippen LogP contribution in [0.3, 0.4) is 0 Å². The first-order chi connectivity index (χ1) is 14.0. The largest absolute Gasteiger partial charge is 0.423 e. The normalized spacial score (nSPS) is 11.0. The number of nitrogens with zero attached hydrogens (tertiary/aromatic N) is 3. The maximum absolute atomic E-state index is 12.0. The van der Waals surface area contributed by atoms with Crippen molar-refractivity contribution in [1.29, 1.82) is 0 Å². The summed E-state index contributed by atoms with van der Waals surface area (Å²) in [6.45, 7) is 3.46. The number of carbonyl (C=O) groups excluding carboxylic acids is 1. The van der Waals surface area contributed by atoms with Crippen molar-refractivity contribution in [3.05, 3.63) is 76.4 Å². The average molecular weight is 406 g/mol. The molecular formula is C21H18N4O3S. The van der Waals surface area contributed by atoms with Crippen LogP contribution in [0.4, 0.5) is 5.69 Å². The number of amides is 1. The number of rotatable bonds is 5. The molecule has 0 spiro atoms. The van der Waals surface area contributed by atoms with Crippen molar-refractivity contribution in [3.63, 3.8) is 0 Å². The molecule has 0 aliphatic carbocycles. The van der Waals surface area contributed by atoms with Gasteiger partial charge in [-0.15, -0.1) is 10.2 Å². The van der Waals surface area contributed by atoms with E-state index in [2.05, 4.69) is 15.5 Å². The first-order valence-electron chi connectivity index (χ1n) is 8.94. The number of thioether (sulfide) groups is 1. The third-order valence-electron chi connectivity index (χ3n) is 4.40. The molecule has 1 amide bonds. The lowest BCUT2D eigenvalue weighted by molar-refractivity contribution is -0.114. The number of hydrogen-bond donors (Lipinski definition) is 1. The second kappa shape index (κ2) is 7.92. The predicted molar refractivity (Wildman–Crippen MR) is 112 cm³/mol. The number of anilines is 1. The first-order valence-corrected chi connectivity index (χ1v) is 9.93. The molecule has 2 aromatic carbocycles. The summed E-state index contributed by atoms with van der Waals surface area (Å²) in [6.07, 6.45) is 1.68. The van der Waals surface area contributed by atoms with E-state index in [9.17, 15) is 9.59 Å². The molecule has 0 saturated carbocycles. The van der Waals surface area contributed by atoms with Crippen LogP contribution >= 0.6 is 11.8 Å². The van der Waals surface area contributed by atoms with Crippen LogP contribution < -0.4 is 10.9 Å². The molecule has 0 aliphatic rings. The molecule has 0 unspecified atom stereocenters. The Bertz CT molecular complexity index is 1260. The van der Waals surface area contributed by atoms with Crippen LogP contribution in [0.15, 0.2) is 69.2 Å². The Morgan fingerprint density at radius 3 is 2.83 bits per heavy atom. The van der Waals surface area contributed by atoms with Crippen molar-refractivity contribution >= 4 is 34.3 Å². The molecule has 0 atom stereocenters. The van der Waals surface area contributed by atoms with E-state index >= 15 is 0 Å². The van der Waals surface area contributed by atoms with Gasteiger partial charge in [-0.25, -0.2) is 4.79 Å². The Kier molecular flexibility index (Phi) is 5.18. The minimum absolute atomic E-state index is 0.186. The van der Waals surface area contributed by atoms with Crippen LogP contribution in [0.25, 0.3) is 16.7 Å². The van der Waals surface area contributed by atoms with E-state index in [0.29, 0.717) is 17.0 Å². The number of carbonyl (C=O) groups is 1. The van der Waals surface area contributed by atoms with E-state index in [-0.39, 0.29) is 5.91 Å². The lowest BCUT2D eigenvalue weighted by Crippen LogP contribution is -2.06. The van der Waals surface area contributed by atoms with Gasteiger partial charge in [0.1, 0.15) is 11.9 Å². The molecule has 0 radical (unpaired) electrons. The van der Waals surface area contributed by atoms with Crippen LogP contribution in [0.5, 0.6) is 0 Å². The minimum atomic E-state index is -0.437. The molecule has 7 nitrogen and oxygen atoms in total. The second-order valence-corrected chi connectivity index (χ2v) is 7.48. The van der Waals surface area contributed by atoms with E-state index in [1.165, 1.54) is 24.8 Å². The van der Waals surface area contributed by atoms with Gasteiger partial charge in [0, 0.05) is 35.9 Å². The molecule has 29 heavy (non-hydrogen) atoms. The molecule has 4 aromatic rings. The summed E-state index contributed by atoms with van der Waals surface area (Å²) in [4.78, 5) is 23.3. The summed E-state index contributed by atoms with van der Waals surface area (Å²) < 4.78 is 7.25. The van der Waals surface area contributed by atoms with Crippen LogP contribution in [0, 0.1) is 6.92 Å². The minimum Gasteiger partial charge on any atom is -0.423 e. The summed E-state index contributed by atoms with van der Waals surface area (Å²) in [7, 11) is 0. The summed E-state index contributed by atoms with van der Waals surface area (Å²) in [5.41, 5.74) is 3.53. The monoisotopic (exact) mass is 406 g/mol. The highest BCUT2D eigenvalue weighted by Gasteiger charge is 2.12. The zero-order chi connectivity index (χ0) is 20.4. The maximum Gasteiger partial charge on any atom is 0.336 e. The van der Waals surface area contributed by atoms with E-state index in [0.717, 1.165) is 27.4 Å². The van der Waals surface area contributed by atoms with Gasteiger partial charge in [-0.1, -0.05) is 30.0 Å². The number of hydrogen-bond acceptors (Lipinski definition) is 6.